The third kappa shape index (κ3) is 5.70. The lowest BCUT2D eigenvalue weighted by molar-refractivity contribution is -0.124. The number of carbonyl (C=O) groups is 2. The van der Waals surface area contributed by atoms with Crippen LogP contribution in [0.25, 0.3) is 0 Å². The molecule has 1 N–H and O–H groups in total. The standard InChI is InChI=1S/C19H20ClNO3/c1-14(11-12-15-7-3-2-4-8-15)21-18(22)13-24-19(23)16-9-5-6-10-17(16)20/h2-10,14H,11-13H2,1H3,(H,21,22)/t14-/m0/s1. The fourth-order valence-electron chi connectivity index (χ4n) is 2.25. The predicted molar refractivity (Wildman–Crippen MR) is 94.1 cm³/mol. The molecule has 2 aromatic rings. The van der Waals surface area contributed by atoms with Crippen LogP contribution in [0.3, 0.4) is 0 Å². The first kappa shape index (κ1) is 18.0. The van der Waals surface area contributed by atoms with Crippen molar-refractivity contribution in [1.82, 2.24) is 5.32 Å². The predicted octanol–water partition coefficient (Wildman–Crippen LogP) is 3.63. The normalized spacial score (nSPS) is 11.6. The Morgan fingerprint density at radius 2 is 1.75 bits per heavy atom. The number of aryl methyl sites for hydroxylation is 1. The number of carbonyl (C=O) groups excluding carboxylic acids is 2. The van der Waals surface area contributed by atoms with Crippen molar-refractivity contribution in [2.45, 2.75) is 25.8 Å². The van der Waals surface area contributed by atoms with E-state index in [-0.39, 0.29) is 24.1 Å². The third-order valence-electron chi connectivity index (χ3n) is 3.54. The van der Waals surface area contributed by atoms with Crippen molar-refractivity contribution in [3.63, 3.8) is 0 Å². The maximum absolute atomic E-state index is 11.9. The van der Waals surface area contributed by atoms with Crippen LogP contribution < -0.4 is 5.32 Å². The molecule has 0 aliphatic rings. The minimum absolute atomic E-state index is 0.00304. The quantitative estimate of drug-likeness (QED) is 0.779. The molecular weight excluding hydrogens is 326 g/mol. The second-order valence-electron chi connectivity index (χ2n) is 5.55. The van der Waals surface area contributed by atoms with Crippen LogP contribution in [0.4, 0.5) is 0 Å². The van der Waals surface area contributed by atoms with Gasteiger partial charge in [0.1, 0.15) is 0 Å². The van der Waals surface area contributed by atoms with Gasteiger partial charge in [-0.3, -0.25) is 4.79 Å². The molecule has 2 rings (SSSR count). The lowest BCUT2D eigenvalue weighted by Crippen LogP contribution is -2.36. The molecule has 0 aliphatic heterocycles. The highest BCUT2D eigenvalue weighted by molar-refractivity contribution is 6.33. The van der Waals surface area contributed by atoms with Gasteiger partial charge in [-0.05, 0) is 37.5 Å². The number of halogens is 1. The Bertz CT molecular complexity index is 688. The first-order valence-corrected chi connectivity index (χ1v) is 8.19. The van der Waals surface area contributed by atoms with Gasteiger partial charge >= 0.3 is 5.97 Å². The molecule has 4 nitrogen and oxygen atoms in total. The Morgan fingerprint density at radius 3 is 2.46 bits per heavy atom. The van der Waals surface area contributed by atoms with E-state index in [1.165, 1.54) is 5.56 Å². The lowest BCUT2D eigenvalue weighted by atomic mass is 10.1. The minimum Gasteiger partial charge on any atom is -0.452 e. The molecule has 0 radical (unpaired) electrons. The van der Waals surface area contributed by atoms with Crippen LogP contribution in [0.15, 0.2) is 54.6 Å². The van der Waals surface area contributed by atoms with E-state index in [1.54, 1.807) is 24.3 Å². The molecule has 5 heteroatoms. The summed E-state index contributed by atoms with van der Waals surface area (Å²) in [4.78, 5) is 23.7. The van der Waals surface area contributed by atoms with E-state index in [0.29, 0.717) is 5.02 Å². The maximum atomic E-state index is 11.9. The average molecular weight is 346 g/mol. The Morgan fingerprint density at radius 1 is 1.08 bits per heavy atom. The van der Waals surface area contributed by atoms with E-state index < -0.39 is 5.97 Å². The van der Waals surface area contributed by atoms with E-state index in [0.717, 1.165) is 12.8 Å². The summed E-state index contributed by atoms with van der Waals surface area (Å²) < 4.78 is 5.00. The van der Waals surface area contributed by atoms with Gasteiger partial charge in [0.15, 0.2) is 6.61 Å². The molecule has 0 aromatic heterocycles. The zero-order valence-electron chi connectivity index (χ0n) is 13.5. The second kappa shape index (κ2) is 9.08. The number of ether oxygens (including phenoxy) is 1. The number of hydrogen-bond acceptors (Lipinski definition) is 3. The van der Waals surface area contributed by atoms with Crippen molar-refractivity contribution >= 4 is 23.5 Å². The molecule has 2 aromatic carbocycles. The Balaban J connectivity index is 1.72. The molecule has 24 heavy (non-hydrogen) atoms. The largest absolute Gasteiger partial charge is 0.452 e. The molecule has 126 valence electrons. The van der Waals surface area contributed by atoms with E-state index in [2.05, 4.69) is 17.4 Å². The van der Waals surface area contributed by atoms with E-state index in [4.69, 9.17) is 16.3 Å². The highest BCUT2D eigenvalue weighted by atomic mass is 35.5. The average Bonchev–Trinajstić information content (AvgIpc) is 2.59. The fraction of sp³-hybridized carbons (Fsp3) is 0.263. The van der Waals surface area contributed by atoms with Gasteiger partial charge in [0.05, 0.1) is 10.6 Å². The fourth-order valence-corrected chi connectivity index (χ4v) is 2.46. The summed E-state index contributed by atoms with van der Waals surface area (Å²) in [6.07, 6.45) is 1.69. The van der Waals surface area contributed by atoms with Crippen molar-refractivity contribution in [1.29, 1.82) is 0 Å². The molecule has 0 heterocycles. The Labute approximate surface area is 146 Å². The Kier molecular flexibility index (Phi) is 6.82. The highest BCUT2D eigenvalue weighted by Gasteiger charge is 2.14. The molecule has 0 aliphatic carbocycles. The highest BCUT2D eigenvalue weighted by Crippen LogP contribution is 2.15. The van der Waals surface area contributed by atoms with Gasteiger partial charge in [0, 0.05) is 6.04 Å². The summed E-state index contributed by atoms with van der Waals surface area (Å²) in [5, 5.41) is 3.13. The number of amides is 1. The topological polar surface area (TPSA) is 55.4 Å². The number of esters is 1. The van der Waals surface area contributed by atoms with Crippen LogP contribution in [-0.4, -0.2) is 24.5 Å². The number of hydrogen-bond donors (Lipinski definition) is 1. The molecule has 0 unspecified atom stereocenters. The van der Waals surface area contributed by atoms with E-state index >= 15 is 0 Å². The van der Waals surface area contributed by atoms with E-state index in [9.17, 15) is 9.59 Å². The van der Waals surface area contributed by atoms with Gasteiger partial charge in [-0.15, -0.1) is 0 Å². The summed E-state index contributed by atoms with van der Waals surface area (Å²) in [7, 11) is 0. The number of nitrogens with one attached hydrogen (secondary N) is 1. The zero-order valence-corrected chi connectivity index (χ0v) is 14.3. The molecular formula is C19H20ClNO3. The molecule has 1 amide bonds. The molecule has 0 bridgehead atoms. The first-order chi connectivity index (χ1) is 11.6. The first-order valence-electron chi connectivity index (χ1n) is 7.81. The van der Waals surface area contributed by atoms with Crippen molar-refractivity contribution in [2.75, 3.05) is 6.61 Å². The van der Waals surface area contributed by atoms with Gasteiger partial charge < -0.3 is 10.1 Å². The number of benzene rings is 2. The van der Waals surface area contributed by atoms with Gasteiger partial charge in [-0.2, -0.15) is 0 Å². The van der Waals surface area contributed by atoms with Crippen molar-refractivity contribution < 1.29 is 14.3 Å². The van der Waals surface area contributed by atoms with Gasteiger partial charge in [-0.25, -0.2) is 4.79 Å². The SMILES string of the molecule is C[C@@H](CCc1ccccc1)NC(=O)COC(=O)c1ccccc1Cl. The molecule has 0 spiro atoms. The van der Waals surface area contributed by atoms with Gasteiger partial charge in [0.25, 0.3) is 5.91 Å². The summed E-state index contributed by atoms with van der Waals surface area (Å²) in [6, 6.07) is 16.6. The van der Waals surface area contributed by atoms with Crippen molar-refractivity contribution in [3.8, 4) is 0 Å². The van der Waals surface area contributed by atoms with Crippen LogP contribution in [-0.2, 0) is 16.0 Å². The smallest absolute Gasteiger partial charge is 0.340 e. The van der Waals surface area contributed by atoms with Crippen molar-refractivity contribution in [3.05, 3.63) is 70.7 Å². The van der Waals surface area contributed by atoms with E-state index in [1.807, 2.05) is 25.1 Å². The third-order valence-corrected chi connectivity index (χ3v) is 3.87. The van der Waals surface area contributed by atoms with Crippen molar-refractivity contribution in [2.24, 2.45) is 0 Å². The monoisotopic (exact) mass is 345 g/mol. The lowest BCUT2D eigenvalue weighted by Gasteiger charge is -2.14. The molecule has 1 atom stereocenters. The molecule has 0 fully saturated rings. The summed E-state index contributed by atoms with van der Waals surface area (Å²) >= 11 is 5.92. The van der Waals surface area contributed by atoms with Gasteiger partial charge in [0.2, 0.25) is 0 Å². The van der Waals surface area contributed by atoms with Crippen LogP contribution in [0.2, 0.25) is 5.02 Å². The summed E-state index contributed by atoms with van der Waals surface area (Å²) in [5.74, 6) is -0.927. The van der Waals surface area contributed by atoms with Crippen LogP contribution in [0, 0.1) is 0 Å². The van der Waals surface area contributed by atoms with Crippen LogP contribution in [0.5, 0.6) is 0 Å². The Hall–Kier alpha value is -2.33. The second-order valence-corrected chi connectivity index (χ2v) is 5.96. The molecule has 0 saturated carbocycles. The molecule has 0 saturated heterocycles. The summed E-state index contributed by atoms with van der Waals surface area (Å²) in [6.45, 7) is 1.61. The maximum Gasteiger partial charge on any atom is 0.340 e. The summed E-state index contributed by atoms with van der Waals surface area (Å²) in [5.41, 5.74) is 1.48. The van der Waals surface area contributed by atoms with Crippen LogP contribution >= 0.6 is 11.6 Å². The van der Waals surface area contributed by atoms with Gasteiger partial charge in [-0.1, -0.05) is 54.1 Å². The number of rotatable bonds is 7. The zero-order chi connectivity index (χ0) is 17.4. The van der Waals surface area contributed by atoms with Crippen LogP contribution in [0.1, 0.15) is 29.3 Å². The minimum atomic E-state index is -0.604.